The number of anilines is 1. The second kappa shape index (κ2) is 8.61. The number of hydrogen-bond donors (Lipinski definition) is 1. The molecule has 0 aromatic heterocycles. The molecular weight excluding hydrogens is 377 g/mol. The lowest BCUT2D eigenvalue weighted by molar-refractivity contribution is 0.432. The zero-order valence-corrected chi connectivity index (χ0v) is 16.3. The number of rotatable bonds is 5. The number of guanidine groups is 1. The van der Waals surface area contributed by atoms with E-state index in [-0.39, 0.29) is 5.82 Å². The van der Waals surface area contributed by atoms with Gasteiger partial charge in [-0.3, -0.25) is 0 Å². The van der Waals surface area contributed by atoms with E-state index in [4.69, 9.17) is 11.6 Å². The van der Waals surface area contributed by atoms with E-state index >= 15 is 0 Å². The van der Waals surface area contributed by atoms with Crippen molar-refractivity contribution in [2.24, 2.45) is 9.98 Å². The van der Waals surface area contributed by atoms with Gasteiger partial charge in [0.1, 0.15) is 12.5 Å². The Kier molecular flexibility index (Phi) is 5.76. The van der Waals surface area contributed by atoms with E-state index in [0.717, 1.165) is 43.2 Å². The van der Waals surface area contributed by atoms with Crippen LogP contribution in [0.15, 0.2) is 58.5 Å². The van der Waals surface area contributed by atoms with Crippen molar-refractivity contribution >= 4 is 29.6 Å². The zero-order chi connectivity index (χ0) is 19.3. The van der Waals surface area contributed by atoms with E-state index in [0.29, 0.717) is 18.7 Å². The van der Waals surface area contributed by atoms with Crippen molar-refractivity contribution < 1.29 is 4.39 Å². The summed E-state index contributed by atoms with van der Waals surface area (Å²) in [6.45, 7) is 3.08. The van der Waals surface area contributed by atoms with Gasteiger partial charge in [0.05, 0.1) is 6.34 Å². The maximum atomic E-state index is 13.2. The van der Waals surface area contributed by atoms with E-state index in [1.54, 1.807) is 0 Å². The molecule has 2 aromatic rings. The predicted molar refractivity (Wildman–Crippen MR) is 113 cm³/mol. The van der Waals surface area contributed by atoms with Gasteiger partial charge < -0.3 is 15.1 Å². The van der Waals surface area contributed by atoms with Crippen LogP contribution in [0, 0.1) is 5.82 Å². The Balaban J connectivity index is 1.28. The molecule has 7 heteroatoms. The number of halogens is 2. The van der Waals surface area contributed by atoms with Crippen LogP contribution >= 0.6 is 11.6 Å². The summed E-state index contributed by atoms with van der Waals surface area (Å²) in [4.78, 5) is 13.4. The Bertz CT molecular complexity index is 850. The molecule has 4 rings (SSSR count). The SMILES string of the molecule is Fc1ccc(N2CCC[C@@H]2CNC2=NCN(Cc3ccc(Cl)cc3)C=N2)cc1. The summed E-state index contributed by atoms with van der Waals surface area (Å²) >= 11 is 5.93. The van der Waals surface area contributed by atoms with Crippen LogP contribution in [0.5, 0.6) is 0 Å². The van der Waals surface area contributed by atoms with Crippen molar-refractivity contribution in [3.05, 3.63) is 64.9 Å². The first kappa shape index (κ1) is 18.7. The van der Waals surface area contributed by atoms with Crippen LogP contribution in [0.4, 0.5) is 10.1 Å². The fourth-order valence-corrected chi connectivity index (χ4v) is 3.74. The van der Waals surface area contributed by atoms with Crippen LogP contribution < -0.4 is 10.2 Å². The fraction of sp³-hybridized carbons (Fsp3) is 0.333. The molecule has 0 aliphatic carbocycles. The van der Waals surface area contributed by atoms with Crippen LogP contribution in [0.25, 0.3) is 0 Å². The van der Waals surface area contributed by atoms with Crippen molar-refractivity contribution in [1.82, 2.24) is 10.2 Å². The molecule has 1 N–H and O–H groups in total. The highest BCUT2D eigenvalue weighted by atomic mass is 35.5. The van der Waals surface area contributed by atoms with Crippen molar-refractivity contribution in [1.29, 1.82) is 0 Å². The van der Waals surface area contributed by atoms with Gasteiger partial charge in [0.25, 0.3) is 0 Å². The third-order valence-electron chi connectivity index (χ3n) is 5.08. The Hall–Kier alpha value is -2.60. The molecule has 0 bridgehead atoms. The molecule has 2 aromatic carbocycles. The highest BCUT2D eigenvalue weighted by Crippen LogP contribution is 2.25. The third kappa shape index (κ3) is 4.62. The van der Waals surface area contributed by atoms with Gasteiger partial charge in [0.2, 0.25) is 5.96 Å². The average Bonchev–Trinajstić information content (AvgIpc) is 3.18. The minimum absolute atomic E-state index is 0.202. The van der Waals surface area contributed by atoms with Crippen molar-refractivity contribution in [3.8, 4) is 0 Å². The molecule has 0 radical (unpaired) electrons. The van der Waals surface area contributed by atoms with E-state index < -0.39 is 0 Å². The summed E-state index contributed by atoms with van der Waals surface area (Å²) < 4.78 is 13.2. The lowest BCUT2D eigenvalue weighted by Crippen LogP contribution is -2.41. The maximum Gasteiger partial charge on any atom is 0.221 e. The molecule has 1 fully saturated rings. The van der Waals surface area contributed by atoms with Gasteiger partial charge in [-0.2, -0.15) is 0 Å². The Morgan fingerprint density at radius 3 is 2.61 bits per heavy atom. The highest BCUT2D eigenvalue weighted by molar-refractivity contribution is 6.30. The summed E-state index contributed by atoms with van der Waals surface area (Å²) in [5, 5.41) is 4.10. The van der Waals surface area contributed by atoms with Gasteiger partial charge in [-0.15, -0.1) is 0 Å². The zero-order valence-electron chi connectivity index (χ0n) is 15.6. The molecule has 0 saturated carbocycles. The van der Waals surface area contributed by atoms with Crippen LogP contribution in [0.2, 0.25) is 5.02 Å². The largest absolute Gasteiger partial charge is 0.367 e. The topological polar surface area (TPSA) is 43.2 Å². The Labute approximate surface area is 169 Å². The summed E-state index contributed by atoms with van der Waals surface area (Å²) in [5.74, 6) is 0.463. The van der Waals surface area contributed by atoms with Gasteiger partial charge in [-0.05, 0) is 54.8 Å². The van der Waals surface area contributed by atoms with Crippen LogP contribution in [0.3, 0.4) is 0 Å². The van der Waals surface area contributed by atoms with Gasteiger partial charge in [0.15, 0.2) is 0 Å². The second-order valence-electron chi connectivity index (χ2n) is 7.09. The number of hydrogen-bond acceptors (Lipinski definition) is 5. The smallest absolute Gasteiger partial charge is 0.221 e. The number of aliphatic imine (C=N–C) groups is 2. The molecule has 146 valence electrons. The number of benzene rings is 2. The van der Waals surface area contributed by atoms with Gasteiger partial charge in [0, 0.05) is 36.4 Å². The van der Waals surface area contributed by atoms with Crippen molar-refractivity contribution in [3.63, 3.8) is 0 Å². The lowest BCUT2D eigenvalue weighted by atomic mass is 10.2. The number of nitrogens with zero attached hydrogens (tertiary/aromatic N) is 4. The molecule has 1 atom stereocenters. The molecule has 0 spiro atoms. The molecule has 28 heavy (non-hydrogen) atoms. The second-order valence-corrected chi connectivity index (χ2v) is 7.52. The predicted octanol–water partition coefficient (Wildman–Crippen LogP) is 3.90. The molecular formula is C21H23ClFN5. The minimum atomic E-state index is -0.202. The van der Waals surface area contributed by atoms with E-state index in [1.165, 1.54) is 17.7 Å². The molecule has 5 nitrogen and oxygen atoms in total. The molecule has 2 aliphatic rings. The highest BCUT2D eigenvalue weighted by Gasteiger charge is 2.25. The normalized spacial score (nSPS) is 19.1. The summed E-state index contributed by atoms with van der Waals surface area (Å²) in [7, 11) is 0. The van der Waals surface area contributed by atoms with Crippen LogP contribution in [-0.4, -0.2) is 43.0 Å². The average molecular weight is 400 g/mol. The first-order valence-electron chi connectivity index (χ1n) is 9.50. The lowest BCUT2D eigenvalue weighted by Gasteiger charge is -2.28. The number of nitrogens with one attached hydrogen (secondary N) is 1. The fourth-order valence-electron chi connectivity index (χ4n) is 3.62. The standard InChI is InChI=1S/C21H23ClFN5/c22-17-5-3-16(4-6-17)13-27-14-25-21(26-15-27)24-12-20-2-1-11-28(20)19-9-7-18(23)8-10-19/h3-10,14,20H,1-2,11-13,15H2,(H,24,26)/t20-/m1/s1. The van der Waals surface area contributed by atoms with E-state index in [2.05, 4.69) is 25.1 Å². The maximum absolute atomic E-state index is 13.2. The monoisotopic (exact) mass is 399 g/mol. The van der Waals surface area contributed by atoms with E-state index in [9.17, 15) is 4.39 Å². The Morgan fingerprint density at radius 1 is 1.11 bits per heavy atom. The van der Waals surface area contributed by atoms with Gasteiger partial charge in [-0.1, -0.05) is 23.7 Å². The summed E-state index contributed by atoms with van der Waals surface area (Å²) in [6.07, 6.45) is 4.06. The minimum Gasteiger partial charge on any atom is -0.367 e. The van der Waals surface area contributed by atoms with Gasteiger partial charge in [-0.25, -0.2) is 14.4 Å². The molecule has 0 amide bonds. The molecule has 2 aliphatic heterocycles. The first-order valence-corrected chi connectivity index (χ1v) is 9.88. The van der Waals surface area contributed by atoms with Crippen LogP contribution in [-0.2, 0) is 6.54 Å². The third-order valence-corrected chi connectivity index (χ3v) is 5.33. The van der Waals surface area contributed by atoms with Crippen molar-refractivity contribution in [2.45, 2.75) is 25.4 Å². The quantitative estimate of drug-likeness (QED) is 0.829. The van der Waals surface area contributed by atoms with Crippen molar-refractivity contribution in [2.75, 3.05) is 24.7 Å². The van der Waals surface area contributed by atoms with E-state index in [1.807, 2.05) is 42.7 Å². The Morgan fingerprint density at radius 2 is 1.89 bits per heavy atom. The first-order chi connectivity index (χ1) is 13.7. The summed E-state index contributed by atoms with van der Waals surface area (Å²) in [6, 6.07) is 14.9. The molecule has 2 heterocycles. The molecule has 0 unspecified atom stereocenters. The van der Waals surface area contributed by atoms with Gasteiger partial charge >= 0.3 is 0 Å². The molecule has 1 saturated heterocycles. The van der Waals surface area contributed by atoms with Crippen LogP contribution in [0.1, 0.15) is 18.4 Å². The summed E-state index contributed by atoms with van der Waals surface area (Å²) in [5.41, 5.74) is 2.23.